The van der Waals surface area contributed by atoms with Crippen LogP contribution in [0.25, 0.3) is 0 Å². The van der Waals surface area contributed by atoms with Gasteiger partial charge in [-0.2, -0.15) is 0 Å². The van der Waals surface area contributed by atoms with Crippen LogP contribution in [0.15, 0.2) is 0 Å². The lowest BCUT2D eigenvalue weighted by atomic mass is 9.77. The standard InChI is InChI=1S/C10H20O2/c1-6-10(5,8(3)4)9(11)12-7-2/h8H,6-7H2,1-5H3. The second-order valence-corrected chi connectivity index (χ2v) is 3.65. The van der Waals surface area contributed by atoms with Gasteiger partial charge < -0.3 is 4.74 Å². The van der Waals surface area contributed by atoms with Crippen LogP contribution in [0, 0.1) is 11.3 Å². The van der Waals surface area contributed by atoms with E-state index in [0.29, 0.717) is 12.5 Å². The first kappa shape index (κ1) is 11.5. The summed E-state index contributed by atoms with van der Waals surface area (Å²) in [5, 5.41) is 0. The van der Waals surface area contributed by atoms with Gasteiger partial charge in [0.25, 0.3) is 0 Å². The van der Waals surface area contributed by atoms with Crippen molar-refractivity contribution in [3.05, 3.63) is 0 Å². The van der Waals surface area contributed by atoms with E-state index in [1.165, 1.54) is 0 Å². The molecule has 0 radical (unpaired) electrons. The van der Waals surface area contributed by atoms with E-state index >= 15 is 0 Å². The monoisotopic (exact) mass is 172 g/mol. The van der Waals surface area contributed by atoms with Gasteiger partial charge in [-0.3, -0.25) is 4.79 Å². The van der Waals surface area contributed by atoms with Crippen molar-refractivity contribution >= 4 is 5.97 Å². The molecule has 2 nitrogen and oxygen atoms in total. The molecule has 0 rings (SSSR count). The lowest BCUT2D eigenvalue weighted by Crippen LogP contribution is -2.34. The molecule has 0 aromatic carbocycles. The molecule has 1 atom stereocenters. The summed E-state index contributed by atoms with van der Waals surface area (Å²) in [5.41, 5.74) is -0.310. The predicted octanol–water partition coefficient (Wildman–Crippen LogP) is 2.62. The van der Waals surface area contributed by atoms with Crippen molar-refractivity contribution in [2.24, 2.45) is 11.3 Å². The highest BCUT2D eigenvalue weighted by molar-refractivity contribution is 5.76. The second-order valence-electron chi connectivity index (χ2n) is 3.65. The second kappa shape index (κ2) is 4.48. The van der Waals surface area contributed by atoms with Crippen molar-refractivity contribution in [1.29, 1.82) is 0 Å². The van der Waals surface area contributed by atoms with Crippen molar-refractivity contribution in [2.75, 3.05) is 6.61 Å². The molecule has 0 heterocycles. The molecule has 0 saturated heterocycles. The highest BCUT2D eigenvalue weighted by atomic mass is 16.5. The minimum Gasteiger partial charge on any atom is -0.466 e. The summed E-state index contributed by atoms with van der Waals surface area (Å²) in [6, 6.07) is 0. The predicted molar refractivity (Wildman–Crippen MR) is 49.9 cm³/mol. The smallest absolute Gasteiger partial charge is 0.312 e. The number of hydrogen-bond acceptors (Lipinski definition) is 2. The van der Waals surface area contributed by atoms with Gasteiger partial charge in [0, 0.05) is 0 Å². The molecule has 0 fully saturated rings. The molecule has 0 saturated carbocycles. The number of carbonyl (C=O) groups excluding carboxylic acids is 1. The maximum absolute atomic E-state index is 11.5. The Kier molecular flexibility index (Phi) is 4.29. The third-order valence-corrected chi connectivity index (χ3v) is 2.75. The maximum Gasteiger partial charge on any atom is 0.312 e. The van der Waals surface area contributed by atoms with Crippen LogP contribution in [0.3, 0.4) is 0 Å². The van der Waals surface area contributed by atoms with Gasteiger partial charge in [-0.05, 0) is 26.2 Å². The maximum atomic E-state index is 11.5. The van der Waals surface area contributed by atoms with Gasteiger partial charge >= 0.3 is 5.97 Å². The van der Waals surface area contributed by atoms with Crippen LogP contribution in [0.4, 0.5) is 0 Å². The Balaban J connectivity index is 4.40. The largest absolute Gasteiger partial charge is 0.466 e. The molecule has 1 unspecified atom stereocenters. The summed E-state index contributed by atoms with van der Waals surface area (Å²) in [4.78, 5) is 11.5. The molecule has 2 heteroatoms. The molecule has 12 heavy (non-hydrogen) atoms. The zero-order valence-corrected chi connectivity index (χ0v) is 8.81. The molecule has 0 aliphatic rings. The van der Waals surface area contributed by atoms with Crippen LogP contribution >= 0.6 is 0 Å². The first-order chi connectivity index (χ1) is 5.49. The lowest BCUT2D eigenvalue weighted by Gasteiger charge is -2.29. The third kappa shape index (κ3) is 2.23. The molecule has 0 aliphatic heterocycles. The zero-order valence-electron chi connectivity index (χ0n) is 8.81. The lowest BCUT2D eigenvalue weighted by molar-refractivity contribution is -0.157. The average Bonchev–Trinajstić information content (AvgIpc) is 2.03. The topological polar surface area (TPSA) is 26.3 Å². The van der Waals surface area contributed by atoms with Gasteiger partial charge in [0.05, 0.1) is 12.0 Å². The summed E-state index contributed by atoms with van der Waals surface area (Å²) in [5.74, 6) is 0.268. The van der Waals surface area contributed by atoms with E-state index in [1.807, 2.05) is 20.8 Å². The number of esters is 1. The van der Waals surface area contributed by atoms with E-state index in [9.17, 15) is 4.79 Å². The Morgan fingerprint density at radius 1 is 1.42 bits per heavy atom. The molecule has 0 aliphatic carbocycles. The molecule has 0 aromatic heterocycles. The highest BCUT2D eigenvalue weighted by Gasteiger charge is 2.35. The SMILES string of the molecule is CCOC(=O)C(C)(CC)C(C)C. The molecular weight excluding hydrogens is 152 g/mol. The van der Waals surface area contributed by atoms with E-state index < -0.39 is 0 Å². The zero-order chi connectivity index (χ0) is 9.78. The third-order valence-electron chi connectivity index (χ3n) is 2.75. The van der Waals surface area contributed by atoms with Crippen LogP contribution < -0.4 is 0 Å². The fraction of sp³-hybridized carbons (Fsp3) is 0.900. The molecule has 0 amide bonds. The van der Waals surface area contributed by atoms with Crippen molar-refractivity contribution in [1.82, 2.24) is 0 Å². The Labute approximate surface area is 75.3 Å². The fourth-order valence-electron chi connectivity index (χ4n) is 1.08. The van der Waals surface area contributed by atoms with Gasteiger partial charge in [0.2, 0.25) is 0 Å². The van der Waals surface area contributed by atoms with Crippen LogP contribution in [0.5, 0.6) is 0 Å². The molecule has 0 spiro atoms. The summed E-state index contributed by atoms with van der Waals surface area (Å²) in [6.45, 7) is 10.4. The van der Waals surface area contributed by atoms with Gasteiger partial charge in [-0.25, -0.2) is 0 Å². The summed E-state index contributed by atoms with van der Waals surface area (Å²) < 4.78 is 5.02. The van der Waals surface area contributed by atoms with Crippen LogP contribution in [-0.4, -0.2) is 12.6 Å². The minimum absolute atomic E-state index is 0.0671. The molecule has 72 valence electrons. The average molecular weight is 172 g/mol. The van der Waals surface area contributed by atoms with Crippen molar-refractivity contribution in [2.45, 2.75) is 41.0 Å². The van der Waals surface area contributed by atoms with Gasteiger partial charge in [0.15, 0.2) is 0 Å². The van der Waals surface area contributed by atoms with E-state index in [0.717, 1.165) is 6.42 Å². The number of carbonyl (C=O) groups is 1. The quantitative estimate of drug-likeness (QED) is 0.609. The van der Waals surface area contributed by atoms with E-state index in [4.69, 9.17) is 4.74 Å². The van der Waals surface area contributed by atoms with E-state index in [1.54, 1.807) is 0 Å². The Morgan fingerprint density at radius 2 is 1.92 bits per heavy atom. The van der Waals surface area contributed by atoms with Crippen LogP contribution in [0.2, 0.25) is 0 Å². The highest BCUT2D eigenvalue weighted by Crippen LogP contribution is 2.31. The van der Waals surface area contributed by atoms with Crippen molar-refractivity contribution in [3.8, 4) is 0 Å². The molecular formula is C10H20O2. The Morgan fingerprint density at radius 3 is 2.17 bits per heavy atom. The summed E-state index contributed by atoms with van der Waals surface area (Å²) in [7, 11) is 0. The van der Waals surface area contributed by atoms with Crippen LogP contribution in [0.1, 0.15) is 41.0 Å². The Bertz CT molecular complexity index is 152. The number of ether oxygens (including phenoxy) is 1. The van der Waals surface area contributed by atoms with Gasteiger partial charge in [-0.15, -0.1) is 0 Å². The first-order valence-electron chi connectivity index (χ1n) is 4.66. The summed E-state index contributed by atoms with van der Waals surface area (Å²) >= 11 is 0. The Hall–Kier alpha value is -0.530. The summed E-state index contributed by atoms with van der Waals surface area (Å²) in [6.07, 6.45) is 0.837. The minimum atomic E-state index is -0.310. The first-order valence-corrected chi connectivity index (χ1v) is 4.66. The normalized spacial score (nSPS) is 15.8. The van der Waals surface area contributed by atoms with Crippen molar-refractivity contribution in [3.63, 3.8) is 0 Å². The molecule has 0 N–H and O–H groups in total. The van der Waals surface area contributed by atoms with E-state index in [2.05, 4.69) is 13.8 Å². The molecule has 0 aromatic rings. The molecule has 0 bridgehead atoms. The fourth-order valence-corrected chi connectivity index (χ4v) is 1.08. The number of hydrogen-bond donors (Lipinski definition) is 0. The van der Waals surface area contributed by atoms with Gasteiger partial charge in [-0.1, -0.05) is 20.8 Å². The van der Waals surface area contributed by atoms with Gasteiger partial charge in [0.1, 0.15) is 0 Å². The van der Waals surface area contributed by atoms with Crippen molar-refractivity contribution < 1.29 is 9.53 Å². The number of rotatable bonds is 4. The van der Waals surface area contributed by atoms with E-state index in [-0.39, 0.29) is 11.4 Å². The van der Waals surface area contributed by atoms with Crippen LogP contribution in [-0.2, 0) is 9.53 Å².